The van der Waals surface area contributed by atoms with E-state index < -0.39 is 0 Å². The van der Waals surface area contributed by atoms with Crippen LogP contribution >= 0.6 is 0 Å². The van der Waals surface area contributed by atoms with Crippen LogP contribution in [0.4, 0.5) is 5.69 Å². The fourth-order valence-corrected chi connectivity index (χ4v) is 2.51. The number of hydrogen-bond donors (Lipinski definition) is 2. The van der Waals surface area contributed by atoms with Crippen molar-refractivity contribution < 1.29 is 5.11 Å². The van der Waals surface area contributed by atoms with E-state index in [-0.39, 0.29) is 6.04 Å². The molecule has 0 aromatic heterocycles. The Morgan fingerprint density at radius 3 is 2.88 bits per heavy atom. The van der Waals surface area contributed by atoms with Gasteiger partial charge in [0, 0.05) is 37.3 Å². The summed E-state index contributed by atoms with van der Waals surface area (Å²) >= 11 is 0. The highest BCUT2D eigenvalue weighted by Crippen LogP contribution is 2.30. The van der Waals surface area contributed by atoms with Gasteiger partial charge in [0.1, 0.15) is 0 Å². The third kappa shape index (κ3) is 2.61. The molecule has 1 aromatic rings. The molecule has 3 heteroatoms. The first-order valence-corrected chi connectivity index (χ1v) is 6.46. The van der Waals surface area contributed by atoms with Gasteiger partial charge in [-0.25, -0.2) is 0 Å². The average Bonchev–Trinajstić information content (AvgIpc) is 2.86. The van der Waals surface area contributed by atoms with Crippen molar-refractivity contribution in [1.82, 2.24) is 0 Å². The minimum absolute atomic E-state index is 0.111. The van der Waals surface area contributed by atoms with E-state index in [1.165, 1.54) is 11.3 Å². The summed E-state index contributed by atoms with van der Waals surface area (Å²) in [6, 6.07) is 8.49. The summed E-state index contributed by atoms with van der Waals surface area (Å²) in [4.78, 5) is 2.35. The van der Waals surface area contributed by atoms with Crippen molar-refractivity contribution in [2.45, 2.75) is 25.8 Å². The Morgan fingerprint density at radius 2 is 2.24 bits per heavy atom. The fourth-order valence-electron chi connectivity index (χ4n) is 2.51. The number of aliphatic hydroxyl groups is 1. The van der Waals surface area contributed by atoms with Gasteiger partial charge in [-0.1, -0.05) is 25.1 Å². The van der Waals surface area contributed by atoms with E-state index in [9.17, 15) is 5.11 Å². The number of benzene rings is 1. The second-order valence-corrected chi connectivity index (χ2v) is 4.86. The van der Waals surface area contributed by atoms with E-state index >= 15 is 0 Å². The van der Waals surface area contributed by atoms with Gasteiger partial charge in [-0.05, 0) is 24.5 Å². The Bertz CT molecular complexity index is 367. The minimum Gasteiger partial charge on any atom is -0.396 e. The molecule has 2 unspecified atom stereocenters. The Kier molecular flexibility index (Phi) is 4.02. The van der Waals surface area contributed by atoms with Gasteiger partial charge in [-0.2, -0.15) is 0 Å². The van der Waals surface area contributed by atoms with Gasteiger partial charge in [-0.15, -0.1) is 0 Å². The summed E-state index contributed by atoms with van der Waals surface area (Å²) in [6.07, 6.45) is 2.03. The van der Waals surface area contributed by atoms with Crippen molar-refractivity contribution in [1.29, 1.82) is 0 Å². The molecular weight excluding hydrogens is 212 g/mol. The van der Waals surface area contributed by atoms with Gasteiger partial charge in [0.2, 0.25) is 0 Å². The number of aliphatic hydroxyl groups excluding tert-OH is 1. The summed E-state index contributed by atoms with van der Waals surface area (Å²) in [5.41, 5.74) is 8.63. The summed E-state index contributed by atoms with van der Waals surface area (Å²) in [7, 11) is 0. The zero-order valence-corrected chi connectivity index (χ0v) is 10.5. The molecule has 94 valence electrons. The van der Waals surface area contributed by atoms with E-state index in [4.69, 9.17) is 5.73 Å². The lowest BCUT2D eigenvalue weighted by atomic mass is 10.0. The van der Waals surface area contributed by atoms with Gasteiger partial charge in [0.25, 0.3) is 0 Å². The molecule has 0 saturated carbocycles. The molecule has 3 N–H and O–H groups in total. The Labute approximate surface area is 103 Å². The molecule has 1 fully saturated rings. The third-order valence-electron chi connectivity index (χ3n) is 3.66. The van der Waals surface area contributed by atoms with E-state index in [2.05, 4.69) is 30.0 Å². The molecular formula is C14H22N2O. The molecule has 1 saturated heterocycles. The zero-order chi connectivity index (χ0) is 12.3. The molecule has 0 bridgehead atoms. The van der Waals surface area contributed by atoms with Gasteiger partial charge in [-0.3, -0.25) is 0 Å². The number of anilines is 1. The molecule has 1 aliphatic heterocycles. The minimum atomic E-state index is 0.111. The first-order valence-electron chi connectivity index (χ1n) is 6.46. The van der Waals surface area contributed by atoms with Gasteiger partial charge in [0.05, 0.1) is 0 Å². The van der Waals surface area contributed by atoms with Gasteiger partial charge in [0.15, 0.2) is 0 Å². The molecule has 0 aliphatic carbocycles. The Balaban J connectivity index is 2.20. The van der Waals surface area contributed by atoms with E-state index in [1.807, 2.05) is 6.07 Å². The van der Waals surface area contributed by atoms with Gasteiger partial charge < -0.3 is 15.7 Å². The third-order valence-corrected chi connectivity index (χ3v) is 3.66. The van der Waals surface area contributed by atoms with Crippen LogP contribution < -0.4 is 10.6 Å². The lowest BCUT2D eigenvalue weighted by Crippen LogP contribution is -2.23. The summed E-state index contributed by atoms with van der Waals surface area (Å²) < 4.78 is 0. The van der Waals surface area contributed by atoms with Crippen molar-refractivity contribution in [3.05, 3.63) is 29.8 Å². The quantitative estimate of drug-likeness (QED) is 0.836. The van der Waals surface area contributed by atoms with E-state index in [0.717, 1.165) is 25.9 Å². The van der Waals surface area contributed by atoms with Crippen LogP contribution in [0.25, 0.3) is 0 Å². The van der Waals surface area contributed by atoms with Crippen LogP contribution in [0.1, 0.15) is 31.4 Å². The van der Waals surface area contributed by atoms with Crippen LogP contribution in [-0.2, 0) is 0 Å². The smallest absolute Gasteiger partial charge is 0.0476 e. The highest BCUT2D eigenvalue weighted by Gasteiger charge is 2.24. The van der Waals surface area contributed by atoms with Crippen molar-refractivity contribution >= 4 is 5.69 Å². The zero-order valence-electron chi connectivity index (χ0n) is 10.5. The molecule has 1 aliphatic rings. The maximum Gasteiger partial charge on any atom is 0.0476 e. The molecule has 1 heterocycles. The lowest BCUT2D eigenvalue weighted by molar-refractivity contribution is 0.238. The molecule has 0 spiro atoms. The number of para-hydroxylation sites is 1. The van der Waals surface area contributed by atoms with Crippen LogP contribution in [0.15, 0.2) is 24.3 Å². The van der Waals surface area contributed by atoms with Crippen LogP contribution in [0.2, 0.25) is 0 Å². The predicted molar refractivity (Wildman–Crippen MR) is 71.1 cm³/mol. The lowest BCUT2D eigenvalue weighted by Gasteiger charge is -2.24. The summed E-state index contributed by atoms with van der Waals surface area (Å²) in [5, 5.41) is 9.20. The number of nitrogens with zero attached hydrogens (tertiary/aromatic N) is 1. The van der Waals surface area contributed by atoms with Crippen LogP contribution in [-0.4, -0.2) is 24.8 Å². The Hall–Kier alpha value is -1.06. The van der Waals surface area contributed by atoms with Crippen molar-refractivity contribution in [2.24, 2.45) is 11.7 Å². The second kappa shape index (κ2) is 5.52. The van der Waals surface area contributed by atoms with Crippen LogP contribution in [0.5, 0.6) is 0 Å². The summed E-state index contributed by atoms with van der Waals surface area (Å²) in [6.45, 7) is 4.38. The first-order chi connectivity index (χ1) is 8.26. The molecule has 3 nitrogen and oxygen atoms in total. The molecule has 1 aromatic carbocycles. The number of hydrogen-bond acceptors (Lipinski definition) is 3. The van der Waals surface area contributed by atoms with E-state index in [1.54, 1.807) is 0 Å². The summed E-state index contributed by atoms with van der Waals surface area (Å²) in [5.74, 6) is 0.418. The number of nitrogens with two attached hydrogens (primary N) is 1. The highest BCUT2D eigenvalue weighted by molar-refractivity contribution is 5.55. The fraction of sp³-hybridized carbons (Fsp3) is 0.571. The van der Waals surface area contributed by atoms with Crippen LogP contribution in [0, 0.1) is 5.92 Å². The normalized spacial score (nSPS) is 21.8. The SMILES string of the molecule is CCC(N)c1ccccc1N1CCC(CO)C1. The van der Waals surface area contributed by atoms with Crippen molar-refractivity contribution in [2.75, 3.05) is 24.6 Å². The predicted octanol–water partition coefficient (Wildman–Crippen LogP) is 1.92. The van der Waals surface area contributed by atoms with Crippen LogP contribution in [0.3, 0.4) is 0 Å². The first kappa shape index (κ1) is 12.4. The molecule has 17 heavy (non-hydrogen) atoms. The molecule has 2 rings (SSSR count). The van der Waals surface area contributed by atoms with Crippen molar-refractivity contribution in [3.8, 4) is 0 Å². The largest absolute Gasteiger partial charge is 0.396 e. The maximum absolute atomic E-state index is 9.20. The standard InChI is InChI=1S/C14H22N2O/c1-2-13(15)12-5-3-4-6-14(12)16-8-7-11(9-16)10-17/h3-6,11,13,17H,2,7-10,15H2,1H3. The number of rotatable bonds is 4. The molecule has 2 atom stereocenters. The van der Waals surface area contributed by atoms with Crippen molar-refractivity contribution in [3.63, 3.8) is 0 Å². The van der Waals surface area contributed by atoms with E-state index in [0.29, 0.717) is 12.5 Å². The topological polar surface area (TPSA) is 49.5 Å². The second-order valence-electron chi connectivity index (χ2n) is 4.86. The maximum atomic E-state index is 9.20. The highest BCUT2D eigenvalue weighted by atomic mass is 16.3. The molecule has 0 amide bonds. The Morgan fingerprint density at radius 1 is 1.47 bits per heavy atom. The monoisotopic (exact) mass is 234 g/mol. The van der Waals surface area contributed by atoms with Gasteiger partial charge >= 0.3 is 0 Å². The molecule has 0 radical (unpaired) electrons. The average molecular weight is 234 g/mol.